The van der Waals surface area contributed by atoms with Crippen LogP contribution in [0.3, 0.4) is 0 Å². The van der Waals surface area contributed by atoms with Gasteiger partial charge in [0.15, 0.2) is 23.1 Å². The molecule has 2 bridgehead atoms. The summed E-state index contributed by atoms with van der Waals surface area (Å²) in [5.41, 5.74) is 11.5. The van der Waals surface area contributed by atoms with E-state index in [0.29, 0.717) is 39.0 Å². The van der Waals surface area contributed by atoms with Gasteiger partial charge in [-0.2, -0.15) is 0 Å². The molecule has 0 aliphatic carbocycles. The zero-order valence-corrected chi connectivity index (χ0v) is 49.8. The zero-order chi connectivity index (χ0) is 62.8. The van der Waals surface area contributed by atoms with Gasteiger partial charge < -0.3 is 68.4 Å². The normalized spacial score (nSPS) is 26.4. The fourth-order valence-electron chi connectivity index (χ4n) is 11.0. The number of rotatable bonds is 15. The van der Waals surface area contributed by atoms with E-state index in [1.807, 2.05) is 0 Å². The number of aromatic nitrogens is 1. The Kier molecular flexibility index (Phi) is 23.1. The summed E-state index contributed by atoms with van der Waals surface area (Å²) in [4.78, 5) is 160. The number of aromatic hydroxyl groups is 1. The molecule has 0 saturated carbocycles. The number of nitrogens with zero attached hydrogens (tertiary/aromatic N) is 1. The summed E-state index contributed by atoms with van der Waals surface area (Å²) in [5.74, 6) is -13.7. The van der Waals surface area contributed by atoms with Crippen molar-refractivity contribution in [1.29, 1.82) is 0 Å². The second kappa shape index (κ2) is 29.3. The van der Waals surface area contributed by atoms with Crippen molar-refractivity contribution in [2.45, 2.75) is 159 Å². The highest BCUT2D eigenvalue weighted by Gasteiger charge is 2.50. The molecular formula is C59H82N10O15S. The fraction of sp³-hybridized carbons (Fsp3) is 0.576. The molecule has 85 heavy (non-hydrogen) atoms. The number of nitrogens with two attached hydrogens (primary N) is 2. The van der Waals surface area contributed by atoms with Gasteiger partial charge in [0.05, 0.1) is 78.6 Å². The number of H-pyrrole nitrogens is 1. The van der Waals surface area contributed by atoms with Gasteiger partial charge in [-0.05, 0) is 73.4 Å². The Bertz CT molecular complexity index is 3010. The summed E-state index contributed by atoms with van der Waals surface area (Å²) >= 11 is 0.993. The summed E-state index contributed by atoms with van der Waals surface area (Å²) < 4.78 is 0. The Hall–Kier alpha value is -7.10. The monoisotopic (exact) mass is 1200 g/mol. The first kappa shape index (κ1) is 67.0. The maximum absolute atomic E-state index is 15.8. The molecule has 0 spiro atoms. The zero-order valence-electron chi connectivity index (χ0n) is 49.0. The molecule has 6 rings (SSSR count). The number of ketones is 4. The molecule has 26 heteroatoms. The van der Waals surface area contributed by atoms with E-state index in [1.54, 1.807) is 58.0 Å². The number of primary amides is 1. The number of carbonyl (C=O) groups excluding carboxylic acids is 11. The van der Waals surface area contributed by atoms with Gasteiger partial charge in [0, 0.05) is 67.1 Å². The van der Waals surface area contributed by atoms with Crippen LogP contribution in [-0.2, 0) is 72.0 Å². The summed E-state index contributed by atoms with van der Waals surface area (Å²) in [6, 6.07) is 3.32. The van der Waals surface area contributed by atoms with Crippen molar-refractivity contribution >= 4 is 87.1 Å². The van der Waals surface area contributed by atoms with Crippen LogP contribution in [0, 0.1) is 29.6 Å². The molecule has 464 valence electrons. The van der Waals surface area contributed by atoms with E-state index in [-0.39, 0.29) is 48.9 Å². The Morgan fingerprint density at radius 2 is 1.51 bits per heavy atom. The number of carbonyl (C=O) groups is 11. The van der Waals surface area contributed by atoms with Crippen LogP contribution in [0.4, 0.5) is 0 Å². The van der Waals surface area contributed by atoms with Crippen molar-refractivity contribution in [3.63, 3.8) is 0 Å². The molecule has 0 radical (unpaired) electrons. The van der Waals surface area contributed by atoms with Gasteiger partial charge in [-0.3, -0.25) is 58.1 Å². The van der Waals surface area contributed by atoms with Crippen molar-refractivity contribution in [3.8, 4) is 5.75 Å². The molecular weight excluding hydrogens is 1120 g/mol. The number of aliphatic hydroxyl groups is 3. The lowest BCUT2D eigenvalue weighted by Gasteiger charge is -2.40. The van der Waals surface area contributed by atoms with E-state index in [0.717, 1.165) is 16.7 Å². The lowest BCUT2D eigenvalue weighted by molar-refractivity contribution is -0.146. The van der Waals surface area contributed by atoms with E-state index in [9.17, 15) is 58.8 Å². The first-order chi connectivity index (χ1) is 40.0. The summed E-state index contributed by atoms with van der Waals surface area (Å²) in [7, 11) is 0. The first-order valence-corrected chi connectivity index (χ1v) is 29.7. The summed E-state index contributed by atoms with van der Waals surface area (Å²) in [6.07, 6.45) is -5.77. The molecule has 3 aromatic rings. The van der Waals surface area contributed by atoms with Crippen LogP contribution in [0.15, 0.2) is 47.5 Å². The first-order valence-electron chi connectivity index (χ1n) is 28.7. The van der Waals surface area contributed by atoms with Gasteiger partial charge in [-0.15, -0.1) is 11.8 Å². The Morgan fingerprint density at radius 1 is 0.859 bits per heavy atom. The number of aliphatic hydroxyl groups excluding tert-OH is 3. The minimum Gasteiger partial charge on any atom is -0.508 e. The lowest BCUT2D eigenvalue weighted by atomic mass is 9.79. The molecule has 4 heterocycles. The molecule has 7 amide bonds. The number of fused-ring (bicyclic) bond motifs is 5. The Morgan fingerprint density at radius 3 is 2.14 bits per heavy atom. The number of phenols is 1. The third kappa shape index (κ3) is 17.1. The lowest BCUT2D eigenvalue weighted by Crippen LogP contribution is -2.64. The smallest absolute Gasteiger partial charge is 0.243 e. The largest absolute Gasteiger partial charge is 0.508 e. The maximum atomic E-state index is 15.8. The average molecular weight is 1200 g/mol. The molecule has 1 saturated heterocycles. The number of hydrogen-bond acceptors (Lipinski definition) is 18. The highest BCUT2D eigenvalue weighted by Crippen LogP contribution is 2.37. The third-order valence-corrected chi connectivity index (χ3v) is 17.6. The van der Waals surface area contributed by atoms with Crippen molar-refractivity contribution in [2.75, 3.05) is 32.0 Å². The molecule has 1 aromatic heterocycles. The van der Waals surface area contributed by atoms with Crippen LogP contribution >= 0.6 is 11.8 Å². The minimum atomic E-state index is -1.98. The Balaban J connectivity index is 1.53. The number of phenolic OH excluding ortho intramolecular Hbond substituents is 1. The maximum Gasteiger partial charge on any atom is 0.243 e. The second-order valence-electron chi connectivity index (χ2n) is 23.5. The van der Waals surface area contributed by atoms with Gasteiger partial charge in [-0.25, -0.2) is 0 Å². The van der Waals surface area contributed by atoms with Crippen molar-refractivity contribution in [1.82, 2.24) is 41.8 Å². The van der Waals surface area contributed by atoms with Crippen LogP contribution in [0.5, 0.6) is 5.75 Å². The average Bonchev–Trinajstić information content (AvgIpc) is 2.56. The standard InChI is InChI=1S/C59H82N10O15S/c1-8-29(4)51-56(83)63-23-48(78)65-41-27-85-57-39(38-20-36(71)13-14-40(38)66-57)16-34(54(81)62-24-49(79)67-51)17-45(75)52(30(5)46(76)26-70)68-59(7,53(80)42-21-37(72)25-69(42)58(84)35(18-44(41)74)19-47(60)77)22-33-11-9-32(10-12-33)15-43(73)31(6)64-55(82)50(61)28(2)3/h9-14,20,28-31,34-35,37,41-42,46,50-52,66,68,70-72,76H,8,15-19,21-27,61H2,1-7H3,(H2,60,77)(H,62,81)(H,63,83)(H,64,82)(H,65,78)(H,67,79)/t29-,30-,31-,34?,35-,37?,41?,42-,46-,50-,51-,52-,59?/m0/s1. The molecule has 2 aromatic carbocycles. The minimum absolute atomic E-state index is 0.117. The van der Waals surface area contributed by atoms with Crippen LogP contribution in [0.25, 0.3) is 10.9 Å². The fourth-order valence-corrected chi connectivity index (χ4v) is 12.2. The molecule has 4 unspecified atom stereocenters. The molecule has 13 atom stereocenters. The summed E-state index contributed by atoms with van der Waals surface area (Å²) in [5, 5.41) is 60.9. The number of hydrogen-bond donors (Lipinski definition) is 13. The van der Waals surface area contributed by atoms with E-state index in [4.69, 9.17) is 11.5 Å². The predicted molar refractivity (Wildman–Crippen MR) is 312 cm³/mol. The van der Waals surface area contributed by atoms with Crippen LogP contribution < -0.4 is 43.4 Å². The number of thioether (sulfide) groups is 1. The van der Waals surface area contributed by atoms with Crippen LogP contribution in [-0.4, -0.2) is 181 Å². The highest BCUT2D eigenvalue weighted by atomic mass is 32.2. The number of nitrogens with one attached hydrogen (secondary N) is 7. The Labute approximate surface area is 497 Å². The van der Waals surface area contributed by atoms with Gasteiger partial charge in [0.2, 0.25) is 41.4 Å². The van der Waals surface area contributed by atoms with Gasteiger partial charge in [0.25, 0.3) is 0 Å². The molecule has 3 aliphatic heterocycles. The SMILES string of the molecule is CC[C@H](C)[C@@H]1NC(=O)CNC(=O)C2CC(=O)[C@H]([C@@H](C)[C@@H](O)CO)NC(C)(Cc3ccc(CC(=O)[C@H](C)NC(=O)[C@@H](N)C(C)C)cc3)C(=O)[C@@H]3CC(O)CN3C(=O)[C@H](CC(N)=O)CC(=O)C(CSc3[nH]c4ccc(O)cc4c3C2)NC(=O)CNC1=O. The van der Waals surface area contributed by atoms with Gasteiger partial charge in [0.1, 0.15) is 11.8 Å². The van der Waals surface area contributed by atoms with Crippen LogP contribution in [0.1, 0.15) is 97.3 Å². The van der Waals surface area contributed by atoms with Crippen molar-refractivity contribution < 1.29 is 73.2 Å². The van der Waals surface area contributed by atoms with Crippen LogP contribution in [0.2, 0.25) is 0 Å². The van der Waals surface area contributed by atoms with E-state index >= 15 is 14.4 Å². The number of Topliss-reactive ketones (excluding diaryl/α,β-unsaturated/α-hetero) is 4. The molecule has 1 fully saturated rings. The van der Waals surface area contributed by atoms with Gasteiger partial charge in [-0.1, -0.05) is 65.3 Å². The van der Waals surface area contributed by atoms with Crippen molar-refractivity contribution in [3.05, 3.63) is 59.2 Å². The third-order valence-electron chi connectivity index (χ3n) is 16.5. The second-order valence-corrected chi connectivity index (χ2v) is 24.6. The highest BCUT2D eigenvalue weighted by molar-refractivity contribution is 7.99. The van der Waals surface area contributed by atoms with E-state index < -0.39 is 182 Å². The quantitative estimate of drug-likeness (QED) is 0.0858. The van der Waals surface area contributed by atoms with E-state index in [2.05, 4.69) is 36.9 Å². The topological polar surface area (TPSA) is 412 Å². The van der Waals surface area contributed by atoms with E-state index in [1.165, 1.54) is 32.9 Å². The summed E-state index contributed by atoms with van der Waals surface area (Å²) in [6.45, 7) is 8.72. The number of benzene rings is 2. The molecule has 25 nitrogen and oxygen atoms in total. The molecule has 15 N–H and O–H groups in total. The van der Waals surface area contributed by atoms with Crippen molar-refractivity contribution in [2.24, 2.45) is 41.1 Å². The molecule has 3 aliphatic rings. The predicted octanol–water partition coefficient (Wildman–Crippen LogP) is -1.11. The number of amides is 7. The van der Waals surface area contributed by atoms with Gasteiger partial charge >= 0.3 is 0 Å². The number of aromatic amines is 1.